The van der Waals surface area contributed by atoms with Crippen LogP contribution in [0.5, 0.6) is 0 Å². The van der Waals surface area contributed by atoms with Gasteiger partial charge in [0.2, 0.25) is 0 Å². The fourth-order valence-electron chi connectivity index (χ4n) is 1.83. The van der Waals surface area contributed by atoms with Gasteiger partial charge in [0.1, 0.15) is 0 Å². The monoisotopic (exact) mass is 214 g/mol. The average molecular weight is 214 g/mol. The first-order valence-corrected chi connectivity index (χ1v) is 5.21. The zero-order chi connectivity index (χ0) is 11.7. The lowest BCUT2D eigenvalue weighted by atomic mass is 10.1. The molecule has 82 valence electrons. The zero-order valence-electron chi connectivity index (χ0n) is 9.69. The third kappa shape index (κ3) is 1.76. The lowest BCUT2D eigenvalue weighted by Gasteiger charge is -2.07. The van der Waals surface area contributed by atoms with Crippen molar-refractivity contribution in [1.29, 1.82) is 0 Å². The molecule has 16 heavy (non-hydrogen) atoms. The largest absolute Gasteiger partial charge is 0.298 e. The van der Waals surface area contributed by atoms with Crippen LogP contribution in [0.4, 0.5) is 0 Å². The normalized spacial score (nSPS) is 10.4. The van der Waals surface area contributed by atoms with Crippen LogP contribution >= 0.6 is 0 Å². The molecule has 0 amide bonds. The van der Waals surface area contributed by atoms with E-state index in [2.05, 4.69) is 5.10 Å². The second-order valence-electron chi connectivity index (χ2n) is 4.02. The smallest absolute Gasteiger partial charge is 0.152 e. The van der Waals surface area contributed by atoms with E-state index >= 15 is 0 Å². The Morgan fingerprint density at radius 2 is 1.94 bits per heavy atom. The van der Waals surface area contributed by atoms with Gasteiger partial charge in [0.25, 0.3) is 0 Å². The quantitative estimate of drug-likeness (QED) is 0.720. The maximum absolute atomic E-state index is 11.0. The summed E-state index contributed by atoms with van der Waals surface area (Å²) in [6.07, 6.45) is 0.874. The van der Waals surface area contributed by atoms with Crippen molar-refractivity contribution in [2.45, 2.75) is 20.8 Å². The van der Waals surface area contributed by atoms with Gasteiger partial charge in [0.15, 0.2) is 6.29 Å². The first kappa shape index (κ1) is 10.6. The second kappa shape index (κ2) is 3.93. The van der Waals surface area contributed by atoms with E-state index in [4.69, 9.17) is 0 Å². The van der Waals surface area contributed by atoms with Gasteiger partial charge in [-0.05, 0) is 39.0 Å². The van der Waals surface area contributed by atoms with Crippen LogP contribution < -0.4 is 0 Å². The molecule has 0 bridgehead atoms. The molecule has 3 heteroatoms. The van der Waals surface area contributed by atoms with Crippen LogP contribution in [-0.2, 0) is 0 Å². The van der Waals surface area contributed by atoms with Crippen molar-refractivity contribution in [2.75, 3.05) is 0 Å². The fourth-order valence-corrected chi connectivity index (χ4v) is 1.83. The highest BCUT2D eigenvalue weighted by atomic mass is 16.1. The summed E-state index contributed by atoms with van der Waals surface area (Å²) in [5.41, 5.74) is 4.57. The van der Waals surface area contributed by atoms with Crippen molar-refractivity contribution in [3.8, 4) is 5.69 Å². The lowest BCUT2D eigenvalue weighted by molar-refractivity contribution is 0.112. The number of hydrogen-bond acceptors (Lipinski definition) is 2. The van der Waals surface area contributed by atoms with Crippen molar-refractivity contribution in [1.82, 2.24) is 9.78 Å². The molecule has 1 heterocycles. The molecule has 0 saturated carbocycles. The molecular formula is C13H14N2O. The Balaban J connectivity index is 2.63. The Hall–Kier alpha value is -1.90. The summed E-state index contributed by atoms with van der Waals surface area (Å²) in [6.45, 7) is 5.89. The molecule has 0 unspecified atom stereocenters. The van der Waals surface area contributed by atoms with Crippen LogP contribution in [0.2, 0.25) is 0 Å². The molecule has 0 aliphatic heterocycles. The maximum atomic E-state index is 11.0. The van der Waals surface area contributed by atoms with Crippen LogP contribution in [-0.4, -0.2) is 16.1 Å². The van der Waals surface area contributed by atoms with Crippen molar-refractivity contribution in [3.63, 3.8) is 0 Å². The number of aromatic nitrogens is 2. The summed E-state index contributed by atoms with van der Waals surface area (Å²) in [7, 11) is 0. The van der Waals surface area contributed by atoms with E-state index in [0.717, 1.165) is 28.9 Å². The minimum Gasteiger partial charge on any atom is -0.298 e. The average Bonchev–Trinajstić information content (AvgIpc) is 2.57. The van der Waals surface area contributed by atoms with Crippen molar-refractivity contribution < 1.29 is 4.79 Å². The third-order valence-electron chi connectivity index (χ3n) is 2.55. The molecule has 1 aromatic heterocycles. The molecule has 2 rings (SSSR count). The number of carbonyl (C=O) groups is 1. The summed E-state index contributed by atoms with van der Waals surface area (Å²) in [6, 6.07) is 7.78. The van der Waals surface area contributed by atoms with E-state index < -0.39 is 0 Å². The van der Waals surface area contributed by atoms with E-state index in [9.17, 15) is 4.79 Å². The minimum atomic E-state index is 0.672. The van der Waals surface area contributed by atoms with Crippen LogP contribution in [0.25, 0.3) is 5.69 Å². The molecular weight excluding hydrogens is 200 g/mol. The fraction of sp³-hybridized carbons (Fsp3) is 0.231. The molecule has 2 aromatic rings. The Morgan fingerprint density at radius 3 is 2.50 bits per heavy atom. The predicted molar refractivity (Wildman–Crippen MR) is 63.2 cm³/mol. The topological polar surface area (TPSA) is 34.9 Å². The van der Waals surface area contributed by atoms with Gasteiger partial charge < -0.3 is 0 Å². The van der Waals surface area contributed by atoms with Gasteiger partial charge in [-0.1, -0.05) is 11.6 Å². The number of benzene rings is 1. The van der Waals surface area contributed by atoms with E-state index in [-0.39, 0.29) is 0 Å². The first-order chi connectivity index (χ1) is 7.61. The molecule has 1 aromatic carbocycles. The number of nitrogens with zero attached hydrogens (tertiary/aromatic N) is 2. The summed E-state index contributed by atoms with van der Waals surface area (Å²) in [4.78, 5) is 11.0. The molecule has 0 aliphatic rings. The number of hydrogen-bond donors (Lipinski definition) is 0. The van der Waals surface area contributed by atoms with Crippen LogP contribution in [0.3, 0.4) is 0 Å². The highest BCUT2D eigenvalue weighted by Crippen LogP contribution is 2.17. The van der Waals surface area contributed by atoms with Crippen LogP contribution in [0.1, 0.15) is 27.3 Å². The number of aryl methyl sites for hydroxylation is 3. The molecule has 0 radical (unpaired) electrons. The predicted octanol–water partition coefficient (Wildman–Crippen LogP) is 2.61. The van der Waals surface area contributed by atoms with Gasteiger partial charge in [-0.15, -0.1) is 0 Å². The summed E-state index contributed by atoms with van der Waals surface area (Å²) in [5, 5.41) is 4.38. The lowest BCUT2D eigenvalue weighted by Crippen LogP contribution is -2.03. The van der Waals surface area contributed by atoms with Crippen molar-refractivity contribution in [2.24, 2.45) is 0 Å². The highest BCUT2D eigenvalue weighted by Gasteiger charge is 2.08. The van der Waals surface area contributed by atoms with E-state index in [1.54, 1.807) is 4.68 Å². The van der Waals surface area contributed by atoms with Gasteiger partial charge in [-0.2, -0.15) is 5.10 Å². The van der Waals surface area contributed by atoms with E-state index in [1.807, 2.05) is 45.0 Å². The highest BCUT2D eigenvalue weighted by molar-refractivity contribution is 5.81. The summed E-state index contributed by atoms with van der Waals surface area (Å²) >= 11 is 0. The molecule has 3 nitrogen and oxygen atoms in total. The summed E-state index contributed by atoms with van der Waals surface area (Å²) in [5.74, 6) is 0. The number of rotatable bonds is 2. The molecule has 0 fully saturated rings. The molecule has 0 spiro atoms. The Morgan fingerprint density at radius 1 is 1.19 bits per heavy atom. The van der Waals surface area contributed by atoms with Gasteiger partial charge in [-0.3, -0.25) is 4.79 Å². The van der Waals surface area contributed by atoms with Gasteiger partial charge in [0, 0.05) is 11.3 Å². The van der Waals surface area contributed by atoms with E-state index in [0.29, 0.717) is 5.56 Å². The van der Waals surface area contributed by atoms with Crippen LogP contribution in [0, 0.1) is 20.8 Å². The second-order valence-corrected chi connectivity index (χ2v) is 4.02. The molecule has 0 saturated heterocycles. The zero-order valence-corrected chi connectivity index (χ0v) is 9.69. The Kier molecular flexibility index (Phi) is 2.60. The minimum absolute atomic E-state index is 0.672. The Labute approximate surface area is 94.7 Å². The SMILES string of the molecule is Cc1ccc(-n2nc(C)cc2C)c(C=O)c1. The van der Waals surface area contributed by atoms with Gasteiger partial charge in [-0.25, -0.2) is 4.68 Å². The number of carbonyl (C=O) groups excluding carboxylic acids is 1. The third-order valence-corrected chi connectivity index (χ3v) is 2.55. The molecule has 0 atom stereocenters. The summed E-state index contributed by atoms with van der Waals surface area (Å²) < 4.78 is 1.80. The van der Waals surface area contributed by atoms with Gasteiger partial charge >= 0.3 is 0 Å². The maximum Gasteiger partial charge on any atom is 0.152 e. The molecule has 0 N–H and O–H groups in total. The van der Waals surface area contributed by atoms with E-state index in [1.165, 1.54) is 0 Å². The van der Waals surface area contributed by atoms with Crippen molar-refractivity contribution in [3.05, 3.63) is 46.8 Å². The van der Waals surface area contributed by atoms with Gasteiger partial charge in [0.05, 0.1) is 11.4 Å². The molecule has 0 aliphatic carbocycles. The number of aldehydes is 1. The first-order valence-electron chi connectivity index (χ1n) is 5.21. The van der Waals surface area contributed by atoms with Crippen molar-refractivity contribution >= 4 is 6.29 Å². The standard InChI is InChI=1S/C13H14N2O/c1-9-4-5-13(12(6-9)8-16)15-11(3)7-10(2)14-15/h4-8H,1-3H3. The van der Waals surface area contributed by atoms with Crippen LogP contribution in [0.15, 0.2) is 24.3 Å². The Bertz CT molecular complexity index is 541.